The van der Waals surface area contributed by atoms with Crippen LogP contribution in [0.25, 0.3) is 0 Å². The Bertz CT molecular complexity index is 273. The Morgan fingerprint density at radius 2 is 2.14 bits per heavy atom. The van der Waals surface area contributed by atoms with Crippen LogP contribution in [0.15, 0.2) is 0 Å². The predicted molar refractivity (Wildman–Crippen MR) is 50.4 cm³/mol. The summed E-state index contributed by atoms with van der Waals surface area (Å²) < 4.78 is 0. The maximum atomic E-state index is 11.8. The number of rotatable bonds is 1. The maximum Gasteiger partial charge on any atom is 0.242 e. The topological polar surface area (TPSA) is 75.4 Å². The average molecular weight is 197 g/mol. The summed E-state index contributed by atoms with van der Waals surface area (Å²) in [6.45, 7) is 1.63. The van der Waals surface area contributed by atoms with E-state index < -0.39 is 5.54 Å². The molecule has 0 radical (unpaired) electrons. The summed E-state index contributed by atoms with van der Waals surface area (Å²) in [5, 5.41) is 2.73. The van der Waals surface area contributed by atoms with Crippen LogP contribution in [0, 0.1) is 0 Å². The van der Waals surface area contributed by atoms with Gasteiger partial charge in [0.25, 0.3) is 0 Å². The molecule has 0 atom stereocenters. The fraction of sp³-hybridized carbons (Fsp3) is 0.778. The van der Waals surface area contributed by atoms with Crippen molar-refractivity contribution in [3.8, 4) is 0 Å². The van der Waals surface area contributed by atoms with Crippen molar-refractivity contribution in [3.63, 3.8) is 0 Å². The first kappa shape index (κ1) is 9.45. The molecule has 0 aromatic rings. The average Bonchev–Trinajstić information content (AvgIpc) is 2.91. The highest BCUT2D eigenvalue weighted by molar-refractivity contribution is 5.89. The Kier molecular flexibility index (Phi) is 2.19. The molecule has 2 fully saturated rings. The van der Waals surface area contributed by atoms with Crippen molar-refractivity contribution < 1.29 is 9.59 Å². The van der Waals surface area contributed by atoms with Crippen molar-refractivity contribution in [2.45, 2.75) is 24.8 Å². The van der Waals surface area contributed by atoms with Crippen molar-refractivity contribution in [1.29, 1.82) is 0 Å². The second-order valence-corrected chi connectivity index (χ2v) is 4.05. The lowest BCUT2D eigenvalue weighted by atomic mass is 10.2. The number of hydrogen-bond acceptors (Lipinski definition) is 3. The Balaban J connectivity index is 1.97. The minimum Gasteiger partial charge on any atom is -0.354 e. The van der Waals surface area contributed by atoms with Gasteiger partial charge in [-0.3, -0.25) is 9.59 Å². The molecule has 5 nitrogen and oxygen atoms in total. The third-order valence-corrected chi connectivity index (χ3v) is 2.81. The fourth-order valence-corrected chi connectivity index (χ4v) is 1.63. The first-order chi connectivity index (χ1) is 6.62. The molecule has 0 unspecified atom stereocenters. The highest BCUT2D eigenvalue weighted by Gasteiger charge is 2.48. The summed E-state index contributed by atoms with van der Waals surface area (Å²) in [5.41, 5.74) is 5.21. The van der Waals surface area contributed by atoms with E-state index in [1.165, 1.54) is 0 Å². The lowest BCUT2D eigenvalue weighted by molar-refractivity contribution is -0.133. The van der Waals surface area contributed by atoms with Crippen molar-refractivity contribution in [1.82, 2.24) is 10.2 Å². The number of carbonyl (C=O) groups is 2. The molecule has 0 aromatic carbocycles. The predicted octanol–water partition coefficient (Wildman–Crippen LogP) is -1.17. The highest BCUT2D eigenvalue weighted by Crippen LogP contribution is 2.34. The van der Waals surface area contributed by atoms with E-state index in [-0.39, 0.29) is 11.8 Å². The third kappa shape index (κ3) is 1.72. The van der Waals surface area contributed by atoms with Gasteiger partial charge in [-0.2, -0.15) is 0 Å². The summed E-state index contributed by atoms with van der Waals surface area (Å²) in [4.78, 5) is 24.5. The summed E-state index contributed by atoms with van der Waals surface area (Å²) in [5.74, 6) is 0.0242. The van der Waals surface area contributed by atoms with Gasteiger partial charge in [-0.15, -0.1) is 0 Å². The van der Waals surface area contributed by atoms with Crippen LogP contribution in [0.4, 0.5) is 0 Å². The van der Waals surface area contributed by atoms with Gasteiger partial charge in [0.15, 0.2) is 0 Å². The van der Waals surface area contributed by atoms with Gasteiger partial charge in [0.1, 0.15) is 0 Å². The Morgan fingerprint density at radius 1 is 1.43 bits per heavy atom. The number of carbonyl (C=O) groups excluding carboxylic acids is 2. The van der Waals surface area contributed by atoms with Crippen molar-refractivity contribution >= 4 is 11.8 Å². The number of nitrogens with zero attached hydrogens (tertiary/aromatic N) is 1. The molecule has 14 heavy (non-hydrogen) atoms. The molecular weight excluding hydrogens is 182 g/mol. The van der Waals surface area contributed by atoms with Crippen LogP contribution in [-0.4, -0.2) is 41.9 Å². The summed E-state index contributed by atoms with van der Waals surface area (Å²) >= 11 is 0. The molecule has 2 aliphatic rings. The van der Waals surface area contributed by atoms with Crippen LogP contribution in [0.1, 0.15) is 19.3 Å². The number of hydrogen-bond donors (Lipinski definition) is 2. The Hall–Kier alpha value is -1.10. The van der Waals surface area contributed by atoms with Crippen LogP contribution >= 0.6 is 0 Å². The normalized spacial score (nSPS) is 25.2. The highest BCUT2D eigenvalue weighted by atomic mass is 16.2. The van der Waals surface area contributed by atoms with E-state index in [1.807, 2.05) is 0 Å². The minimum absolute atomic E-state index is 0.00833. The SMILES string of the molecule is NC1(C(=O)N2CCNC(=O)CC2)CC1. The molecule has 78 valence electrons. The van der Waals surface area contributed by atoms with Crippen LogP contribution < -0.4 is 11.1 Å². The van der Waals surface area contributed by atoms with Gasteiger partial charge in [-0.1, -0.05) is 0 Å². The van der Waals surface area contributed by atoms with Gasteiger partial charge in [0, 0.05) is 26.1 Å². The molecule has 0 spiro atoms. The van der Waals surface area contributed by atoms with Crippen LogP contribution in [0.2, 0.25) is 0 Å². The van der Waals surface area contributed by atoms with Gasteiger partial charge < -0.3 is 16.0 Å². The van der Waals surface area contributed by atoms with Crippen molar-refractivity contribution in [2.24, 2.45) is 5.73 Å². The molecule has 1 heterocycles. The van der Waals surface area contributed by atoms with Gasteiger partial charge in [-0.25, -0.2) is 0 Å². The lowest BCUT2D eigenvalue weighted by Gasteiger charge is -2.22. The van der Waals surface area contributed by atoms with E-state index in [0.29, 0.717) is 26.1 Å². The zero-order chi connectivity index (χ0) is 10.2. The molecule has 2 amide bonds. The van der Waals surface area contributed by atoms with E-state index in [9.17, 15) is 9.59 Å². The van der Waals surface area contributed by atoms with E-state index in [4.69, 9.17) is 5.73 Å². The number of nitrogens with one attached hydrogen (secondary N) is 1. The quantitative estimate of drug-likeness (QED) is 0.556. The Morgan fingerprint density at radius 3 is 2.79 bits per heavy atom. The summed E-state index contributed by atoms with van der Waals surface area (Å²) in [7, 11) is 0. The molecule has 1 aliphatic carbocycles. The third-order valence-electron chi connectivity index (χ3n) is 2.81. The van der Waals surface area contributed by atoms with E-state index >= 15 is 0 Å². The molecule has 1 saturated heterocycles. The second-order valence-electron chi connectivity index (χ2n) is 4.05. The lowest BCUT2D eigenvalue weighted by Crippen LogP contribution is -2.46. The van der Waals surface area contributed by atoms with E-state index in [0.717, 1.165) is 12.8 Å². The molecule has 5 heteroatoms. The molecular formula is C9H15N3O2. The minimum atomic E-state index is -0.604. The van der Waals surface area contributed by atoms with Crippen LogP contribution in [-0.2, 0) is 9.59 Å². The standard InChI is InChI=1S/C9H15N3O2/c10-9(2-3-9)8(14)12-5-1-7(13)11-4-6-12/h1-6,10H2,(H,11,13). The van der Waals surface area contributed by atoms with Crippen molar-refractivity contribution in [3.05, 3.63) is 0 Å². The maximum absolute atomic E-state index is 11.8. The largest absolute Gasteiger partial charge is 0.354 e. The van der Waals surface area contributed by atoms with E-state index in [2.05, 4.69) is 5.32 Å². The zero-order valence-corrected chi connectivity index (χ0v) is 8.08. The molecule has 2 rings (SSSR count). The number of nitrogens with two attached hydrogens (primary N) is 1. The fourth-order valence-electron chi connectivity index (χ4n) is 1.63. The first-order valence-corrected chi connectivity index (χ1v) is 4.97. The summed E-state index contributed by atoms with van der Waals surface area (Å²) in [6.07, 6.45) is 1.95. The van der Waals surface area contributed by atoms with Gasteiger partial charge in [0.2, 0.25) is 11.8 Å². The molecule has 3 N–H and O–H groups in total. The zero-order valence-electron chi connectivity index (χ0n) is 8.08. The van der Waals surface area contributed by atoms with Crippen molar-refractivity contribution in [2.75, 3.05) is 19.6 Å². The molecule has 0 bridgehead atoms. The van der Waals surface area contributed by atoms with Gasteiger partial charge in [0.05, 0.1) is 5.54 Å². The molecule has 1 aliphatic heterocycles. The smallest absolute Gasteiger partial charge is 0.242 e. The Labute approximate surface area is 82.6 Å². The number of amides is 2. The van der Waals surface area contributed by atoms with Gasteiger partial charge in [-0.05, 0) is 12.8 Å². The van der Waals surface area contributed by atoms with E-state index in [1.54, 1.807) is 4.90 Å². The molecule has 1 saturated carbocycles. The first-order valence-electron chi connectivity index (χ1n) is 4.97. The summed E-state index contributed by atoms with van der Waals surface area (Å²) in [6, 6.07) is 0. The van der Waals surface area contributed by atoms with Crippen LogP contribution in [0.5, 0.6) is 0 Å². The van der Waals surface area contributed by atoms with Gasteiger partial charge >= 0.3 is 0 Å². The second kappa shape index (κ2) is 3.24. The van der Waals surface area contributed by atoms with Crippen LogP contribution in [0.3, 0.4) is 0 Å². The monoisotopic (exact) mass is 197 g/mol. The molecule has 0 aromatic heterocycles.